The summed E-state index contributed by atoms with van der Waals surface area (Å²) in [5.41, 5.74) is 3.01. The summed E-state index contributed by atoms with van der Waals surface area (Å²) < 4.78 is 0. The molecule has 2 rings (SSSR count). The van der Waals surface area contributed by atoms with Gasteiger partial charge in [0.2, 0.25) is 0 Å². The second kappa shape index (κ2) is 7.42. The molecule has 0 aromatic carbocycles. The summed E-state index contributed by atoms with van der Waals surface area (Å²) in [6.45, 7) is 8.97. The Balaban J connectivity index is 2.06. The van der Waals surface area contributed by atoms with Crippen LogP contribution in [0.2, 0.25) is 0 Å². The van der Waals surface area contributed by atoms with Crippen molar-refractivity contribution in [3.05, 3.63) is 33.0 Å². The molecule has 0 nitrogen and oxygen atoms in total. The van der Waals surface area contributed by atoms with Crippen LogP contribution in [0, 0.1) is 20.8 Å². The highest BCUT2D eigenvalue weighted by Gasteiger charge is 2.12. The predicted octanol–water partition coefficient (Wildman–Crippen LogP) is 6.91. The van der Waals surface area contributed by atoms with Crippen molar-refractivity contribution in [1.82, 2.24) is 0 Å². The summed E-state index contributed by atoms with van der Waals surface area (Å²) in [6, 6.07) is 4.77. The fraction of sp³-hybridized carbons (Fsp3) is 0.556. The van der Waals surface area contributed by atoms with Crippen LogP contribution in [-0.2, 0) is 6.42 Å². The fourth-order valence-electron chi connectivity index (χ4n) is 2.57. The average molecular weight is 307 g/mol. The zero-order valence-corrected chi connectivity index (χ0v) is 14.8. The quantitative estimate of drug-likeness (QED) is 0.487. The number of unbranched alkanes of at least 4 members (excludes halogenated alkanes) is 4. The lowest BCUT2D eigenvalue weighted by Crippen LogP contribution is -1.85. The van der Waals surface area contributed by atoms with Crippen LogP contribution >= 0.6 is 22.7 Å². The van der Waals surface area contributed by atoms with Crippen LogP contribution in [-0.4, -0.2) is 0 Å². The van der Waals surface area contributed by atoms with E-state index in [1.165, 1.54) is 63.6 Å². The number of rotatable bonds is 7. The van der Waals surface area contributed by atoms with Gasteiger partial charge in [-0.15, -0.1) is 22.7 Å². The van der Waals surface area contributed by atoms with Gasteiger partial charge in [0, 0.05) is 19.5 Å². The van der Waals surface area contributed by atoms with E-state index in [0.717, 1.165) is 0 Å². The van der Waals surface area contributed by atoms with Gasteiger partial charge in [0.15, 0.2) is 0 Å². The molecule has 0 aliphatic heterocycles. The van der Waals surface area contributed by atoms with Crippen LogP contribution in [0.15, 0.2) is 12.1 Å². The van der Waals surface area contributed by atoms with E-state index in [2.05, 4.69) is 39.8 Å². The van der Waals surface area contributed by atoms with Crippen molar-refractivity contribution in [2.24, 2.45) is 0 Å². The van der Waals surface area contributed by atoms with E-state index in [0.29, 0.717) is 0 Å². The molecular formula is C18H26S2. The molecule has 0 unspecified atom stereocenters. The van der Waals surface area contributed by atoms with Crippen LogP contribution in [0.5, 0.6) is 0 Å². The topological polar surface area (TPSA) is 0 Å². The SMILES string of the molecule is CCCCCCCc1cc(C)sc1-c1cc(C)c(C)s1. The van der Waals surface area contributed by atoms with Crippen molar-refractivity contribution in [3.63, 3.8) is 0 Å². The Morgan fingerprint density at radius 1 is 0.900 bits per heavy atom. The molecule has 2 heterocycles. The van der Waals surface area contributed by atoms with Gasteiger partial charge in [-0.25, -0.2) is 0 Å². The van der Waals surface area contributed by atoms with Crippen molar-refractivity contribution in [2.75, 3.05) is 0 Å². The summed E-state index contributed by atoms with van der Waals surface area (Å²) in [7, 11) is 0. The highest BCUT2D eigenvalue weighted by molar-refractivity contribution is 7.22. The van der Waals surface area contributed by atoms with Gasteiger partial charge < -0.3 is 0 Å². The first-order valence-corrected chi connectivity index (χ1v) is 9.41. The van der Waals surface area contributed by atoms with Crippen LogP contribution in [0.4, 0.5) is 0 Å². The molecule has 0 saturated heterocycles. The van der Waals surface area contributed by atoms with E-state index in [-0.39, 0.29) is 0 Å². The van der Waals surface area contributed by atoms with Crippen LogP contribution in [0.25, 0.3) is 9.75 Å². The Labute approximate surface area is 131 Å². The first-order chi connectivity index (χ1) is 9.61. The van der Waals surface area contributed by atoms with Crippen LogP contribution in [0.3, 0.4) is 0 Å². The van der Waals surface area contributed by atoms with Gasteiger partial charge in [-0.1, -0.05) is 32.6 Å². The summed E-state index contributed by atoms with van der Waals surface area (Å²) in [4.78, 5) is 5.91. The van der Waals surface area contributed by atoms with Crippen LogP contribution in [0.1, 0.15) is 59.9 Å². The van der Waals surface area contributed by atoms with E-state index in [1.54, 1.807) is 5.56 Å². The maximum Gasteiger partial charge on any atom is 0.0477 e. The van der Waals surface area contributed by atoms with Gasteiger partial charge >= 0.3 is 0 Å². The van der Waals surface area contributed by atoms with Gasteiger partial charge in [0.05, 0.1) is 0 Å². The lowest BCUT2D eigenvalue weighted by molar-refractivity contribution is 0.633. The third-order valence-corrected chi connectivity index (χ3v) is 6.30. The normalized spacial score (nSPS) is 11.2. The molecule has 0 fully saturated rings. The number of hydrogen-bond acceptors (Lipinski definition) is 2. The summed E-state index contributed by atoms with van der Waals surface area (Å²) in [5, 5.41) is 0. The zero-order valence-electron chi connectivity index (χ0n) is 13.2. The molecule has 0 spiro atoms. The zero-order chi connectivity index (χ0) is 14.5. The van der Waals surface area contributed by atoms with Gasteiger partial charge in [-0.05, 0) is 56.9 Å². The second-order valence-electron chi connectivity index (χ2n) is 5.73. The molecule has 0 amide bonds. The summed E-state index contributed by atoms with van der Waals surface area (Å²) in [5.74, 6) is 0. The van der Waals surface area contributed by atoms with E-state index in [9.17, 15) is 0 Å². The smallest absolute Gasteiger partial charge is 0.0477 e. The average Bonchev–Trinajstić information content (AvgIpc) is 2.93. The van der Waals surface area contributed by atoms with Crippen molar-refractivity contribution in [3.8, 4) is 9.75 Å². The minimum atomic E-state index is 1.25. The van der Waals surface area contributed by atoms with E-state index >= 15 is 0 Å². The third-order valence-electron chi connectivity index (χ3n) is 3.87. The molecule has 0 atom stereocenters. The minimum absolute atomic E-state index is 1.25. The van der Waals surface area contributed by atoms with Gasteiger partial charge in [-0.3, -0.25) is 0 Å². The molecule has 0 aliphatic rings. The standard InChI is InChI=1S/C18H26S2/c1-5-6-7-8-9-10-16-12-14(3)19-18(16)17-11-13(2)15(4)20-17/h11-12H,5-10H2,1-4H3. The predicted molar refractivity (Wildman–Crippen MR) is 94.3 cm³/mol. The van der Waals surface area contributed by atoms with Crippen molar-refractivity contribution in [2.45, 2.75) is 66.2 Å². The van der Waals surface area contributed by atoms with Crippen LogP contribution < -0.4 is 0 Å². The minimum Gasteiger partial charge on any atom is -0.139 e. The van der Waals surface area contributed by atoms with E-state index in [1.807, 2.05) is 22.7 Å². The molecule has 0 aliphatic carbocycles. The number of hydrogen-bond donors (Lipinski definition) is 0. The first-order valence-electron chi connectivity index (χ1n) is 7.78. The maximum absolute atomic E-state index is 2.41. The van der Waals surface area contributed by atoms with E-state index in [4.69, 9.17) is 0 Å². The molecular weight excluding hydrogens is 280 g/mol. The summed E-state index contributed by atoms with van der Waals surface area (Å²) in [6.07, 6.45) is 8.08. The summed E-state index contributed by atoms with van der Waals surface area (Å²) >= 11 is 3.92. The lowest BCUT2D eigenvalue weighted by Gasteiger charge is -2.02. The highest BCUT2D eigenvalue weighted by atomic mass is 32.1. The number of thiophene rings is 2. The molecule has 0 saturated carbocycles. The Bertz CT molecular complexity index is 526. The third kappa shape index (κ3) is 3.95. The monoisotopic (exact) mass is 306 g/mol. The molecule has 0 radical (unpaired) electrons. The first kappa shape index (κ1) is 15.8. The molecule has 2 aromatic rings. The Kier molecular flexibility index (Phi) is 5.86. The van der Waals surface area contributed by atoms with Crippen molar-refractivity contribution in [1.29, 1.82) is 0 Å². The van der Waals surface area contributed by atoms with Crippen molar-refractivity contribution < 1.29 is 0 Å². The molecule has 0 bridgehead atoms. The Hall–Kier alpha value is -0.600. The lowest BCUT2D eigenvalue weighted by atomic mass is 10.1. The largest absolute Gasteiger partial charge is 0.139 e. The molecule has 0 N–H and O–H groups in total. The van der Waals surface area contributed by atoms with Gasteiger partial charge in [0.25, 0.3) is 0 Å². The Morgan fingerprint density at radius 3 is 2.30 bits per heavy atom. The van der Waals surface area contributed by atoms with Gasteiger partial charge in [-0.2, -0.15) is 0 Å². The molecule has 2 heteroatoms. The molecule has 2 aromatic heterocycles. The maximum atomic E-state index is 2.41. The van der Waals surface area contributed by atoms with Gasteiger partial charge in [0.1, 0.15) is 0 Å². The Morgan fingerprint density at radius 2 is 1.65 bits per heavy atom. The number of aryl methyl sites for hydroxylation is 4. The van der Waals surface area contributed by atoms with E-state index < -0.39 is 0 Å². The highest BCUT2D eigenvalue weighted by Crippen LogP contribution is 2.38. The molecule has 110 valence electrons. The second-order valence-corrected chi connectivity index (χ2v) is 8.24. The molecule has 20 heavy (non-hydrogen) atoms. The van der Waals surface area contributed by atoms with Crippen molar-refractivity contribution >= 4 is 22.7 Å². The fourth-order valence-corrected chi connectivity index (χ4v) is 4.80.